The van der Waals surface area contributed by atoms with Crippen LogP contribution in [-0.4, -0.2) is 33.8 Å². The number of benzene rings is 1. The van der Waals surface area contributed by atoms with E-state index in [9.17, 15) is 8.42 Å². The highest BCUT2D eigenvalue weighted by molar-refractivity contribution is 7.89. The zero-order valence-electron chi connectivity index (χ0n) is 10.7. The van der Waals surface area contributed by atoms with E-state index in [-0.39, 0.29) is 17.3 Å². The fraction of sp³-hybridized carbons (Fsp3) is 0.500. The van der Waals surface area contributed by atoms with E-state index in [4.69, 9.17) is 21.4 Å². The van der Waals surface area contributed by atoms with E-state index in [2.05, 4.69) is 4.72 Å². The fourth-order valence-electron chi connectivity index (χ4n) is 1.56. The van der Waals surface area contributed by atoms with E-state index in [1.807, 2.05) is 0 Å². The Kier molecular flexibility index (Phi) is 6.57. The Morgan fingerprint density at radius 3 is 2.68 bits per heavy atom. The first-order valence-corrected chi connectivity index (χ1v) is 7.81. The summed E-state index contributed by atoms with van der Waals surface area (Å²) in [5.41, 5.74) is 0. The summed E-state index contributed by atoms with van der Waals surface area (Å²) in [6.45, 7) is 0.450. The number of hydrogen-bond acceptors (Lipinski definition) is 4. The second-order valence-electron chi connectivity index (χ2n) is 3.98. The number of rotatable bonds is 8. The van der Waals surface area contributed by atoms with Crippen LogP contribution in [0.2, 0.25) is 5.02 Å². The van der Waals surface area contributed by atoms with Crippen LogP contribution in [0.4, 0.5) is 0 Å². The number of aliphatic hydroxyl groups excluding tert-OH is 1. The Bertz CT molecular complexity index is 504. The van der Waals surface area contributed by atoms with Crippen molar-refractivity contribution in [3.8, 4) is 5.75 Å². The zero-order chi connectivity index (χ0) is 14.3. The van der Waals surface area contributed by atoms with Gasteiger partial charge in [0.15, 0.2) is 0 Å². The summed E-state index contributed by atoms with van der Waals surface area (Å²) in [5.74, 6) is 0.218. The van der Waals surface area contributed by atoms with Gasteiger partial charge < -0.3 is 9.84 Å². The van der Waals surface area contributed by atoms with E-state index < -0.39 is 10.0 Å². The molecule has 19 heavy (non-hydrogen) atoms. The first-order chi connectivity index (χ1) is 9.01. The number of nitrogens with one attached hydrogen (secondary N) is 1. The smallest absolute Gasteiger partial charge is 0.244 e. The van der Waals surface area contributed by atoms with Gasteiger partial charge in [-0.2, -0.15) is 0 Å². The zero-order valence-corrected chi connectivity index (χ0v) is 12.3. The van der Waals surface area contributed by atoms with Crippen molar-refractivity contribution >= 4 is 21.6 Å². The maximum absolute atomic E-state index is 12.1. The monoisotopic (exact) mass is 307 g/mol. The van der Waals surface area contributed by atoms with Crippen molar-refractivity contribution < 1.29 is 18.3 Å². The molecule has 0 bridgehead atoms. The van der Waals surface area contributed by atoms with Gasteiger partial charge in [0.25, 0.3) is 0 Å². The van der Waals surface area contributed by atoms with Gasteiger partial charge in [0.2, 0.25) is 10.0 Å². The molecule has 7 heteroatoms. The Morgan fingerprint density at radius 1 is 1.32 bits per heavy atom. The topological polar surface area (TPSA) is 75.6 Å². The number of methoxy groups -OCH3 is 1. The number of hydrogen-bond donors (Lipinski definition) is 2. The predicted molar refractivity (Wildman–Crippen MR) is 74.1 cm³/mol. The van der Waals surface area contributed by atoms with Crippen molar-refractivity contribution in [2.24, 2.45) is 0 Å². The fourth-order valence-corrected chi connectivity index (χ4v) is 2.95. The number of sulfonamides is 1. The van der Waals surface area contributed by atoms with Crippen LogP contribution in [0.3, 0.4) is 0 Å². The minimum atomic E-state index is -3.60. The number of unbranched alkanes of at least 4 members (excludes halogenated alkanes) is 2. The highest BCUT2D eigenvalue weighted by Gasteiger charge is 2.18. The van der Waals surface area contributed by atoms with Gasteiger partial charge in [0, 0.05) is 24.2 Å². The molecule has 0 aliphatic rings. The molecule has 0 spiro atoms. The minimum Gasteiger partial charge on any atom is -0.495 e. The van der Waals surface area contributed by atoms with Crippen LogP contribution in [0.25, 0.3) is 0 Å². The maximum atomic E-state index is 12.1. The number of aliphatic hydroxyl groups is 1. The Balaban J connectivity index is 2.72. The molecule has 0 unspecified atom stereocenters. The summed E-state index contributed by atoms with van der Waals surface area (Å²) in [4.78, 5) is 0.0709. The van der Waals surface area contributed by atoms with Gasteiger partial charge in [-0.15, -0.1) is 0 Å². The van der Waals surface area contributed by atoms with Crippen LogP contribution >= 0.6 is 11.6 Å². The van der Waals surface area contributed by atoms with Crippen LogP contribution in [-0.2, 0) is 10.0 Å². The molecule has 0 aliphatic heterocycles. The molecule has 0 heterocycles. The van der Waals surface area contributed by atoms with Crippen molar-refractivity contribution in [2.45, 2.75) is 24.2 Å². The van der Waals surface area contributed by atoms with Crippen LogP contribution in [0.15, 0.2) is 23.1 Å². The predicted octanol–water partition coefficient (Wildman–Crippen LogP) is 1.79. The van der Waals surface area contributed by atoms with Crippen LogP contribution in [0.5, 0.6) is 5.75 Å². The lowest BCUT2D eigenvalue weighted by molar-refractivity contribution is 0.283. The first-order valence-electron chi connectivity index (χ1n) is 5.95. The molecule has 0 saturated heterocycles. The van der Waals surface area contributed by atoms with E-state index in [0.717, 1.165) is 6.42 Å². The van der Waals surface area contributed by atoms with Crippen molar-refractivity contribution in [3.05, 3.63) is 23.2 Å². The van der Waals surface area contributed by atoms with Gasteiger partial charge in [-0.3, -0.25) is 0 Å². The summed E-state index contributed by atoms with van der Waals surface area (Å²) in [5, 5.41) is 9.05. The van der Waals surface area contributed by atoms with Gasteiger partial charge in [-0.25, -0.2) is 13.1 Å². The van der Waals surface area contributed by atoms with E-state index in [1.165, 1.54) is 25.3 Å². The highest BCUT2D eigenvalue weighted by Crippen LogP contribution is 2.26. The Hall–Kier alpha value is -0.820. The van der Waals surface area contributed by atoms with Gasteiger partial charge in [0.1, 0.15) is 10.6 Å². The summed E-state index contributed by atoms with van der Waals surface area (Å²) in [7, 11) is -2.21. The van der Waals surface area contributed by atoms with Gasteiger partial charge >= 0.3 is 0 Å². The van der Waals surface area contributed by atoms with Gasteiger partial charge in [0.05, 0.1) is 7.11 Å². The molecule has 0 fully saturated rings. The quantitative estimate of drug-likeness (QED) is 0.718. The van der Waals surface area contributed by atoms with Crippen molar-refractivity contribution in [2.75, 3.05) is 20.3 Å². The first kappa shape index (κ1) is 16.2. The molecule has 0 saturated carbocycles. The molecule has 2 N–H and O–H groups in total. The maximum Gasteiger partial charge on any atom is 0.244 e. The third-order valence-electron chi connectivity index (χ3n) is 2.54. The number of halogens is 1. The van der Waals surface area contributed by atoms with Crippen molar-refractivity contribution in [1.29, 1.82) is 0 Å². The van der Waals surface area contributed by atoms with E-state index in [0.29, 0.717) is 24.4 Å². The normalized spacial score (nSPS) is 11.5. The summed E-state index contributed by atoms with van der Waals surface area (Å²) in [6.07, 6.45) is 2.12. The third kappa shape index (κ3) is 4.99. The average molecular weight is 308 g/mol. The molecule has 0 atom stereocenters. The van der Waals surface area contributed by atoms with Gasteiger partial charge in [-0.1, -0.05) is 11.6 Å². The number of ether oxygens (including phenoxy) is 1. The molecule has 0 radical (unpaired) electrons. The summed E-state index contributed by atoms with van der Waals surface area (Å²) >= 11 is 5.79. The average Bonchev–Trinajstić information content (AvgIpc) is 2.38. The van der Waals surface area contributed by atoms with E-state index in [1.54, 1.807) is 0 Å². The molecule has 1 aromatic carbocycles. The lowest BCUT2D eigenvalue weighted by Crippen LogP contribution is -2.25. The van der Waals surface area contributed by atoms with Gasteiger partial charge in [-0.05, 0) is 31.4 Å². The van der Waals surface area contributed by atoms with E-state index >= 15 is 0 Å². The van der Waals surface area contributed by atoms with Crippen molar-refractivity contribution in [1.82, 2.24) is 4.72 Å². The van der Waals surface area contributed by atoms with Crippen molar-refractivity contribution in [3.63, 3.8) is 0 Å². The molecule has 108 valence electrons. The molecule has 0 aromatic heterocycles. The standard InChI is InChI=1S/C12H18ClNO4S/c1-18-11-9-10(13)5-6-12(11)19(16,17)14-7-3-2-4-8-15/h5-6,9,14-15H,2-4,7-8H2,1H3. The molecule has 1 rings (SSSR count). The molecule has 0 aliphatic carbocycles. The second kappa shape index (κ2) is 7.69. The lowest BCUT2D eigenvalue weighted by atomic mass is 10.2. The molecule has 5 nitrogen and oxygen atoms in total. The Labute approximate surface area is 118 Å². The SMILES string of the molecule is COc1cc(Cl)ccc1S(=O)(=O)NCCCCCO. The second-order valence-corrected chi connectivity index (χ2v) is 6.15. The Morgan fingerprint density at radius 2 is 2.05 bits per heavy atom. The lowest BCUT2D eigenvalue weighted by Gasteiger charge is -2.10. The summed E-state index contributed by atoms with van der Waals surface area (Å²) in [6, 6.07) is 4.38. The third-order valence-corrected chi connectivity index (χ3v) is 4.28. The molecular weight excluding hydrogens is 290 g/mol. The largest absolute Gasteiger partial charge is 0.495 e. The summed E-state index contributed by atoms with van der Waals surface area (Å²) < 4.78 is 31.7. The van der Waals surface area contributed by atoms with Crippen LogP contribution in [0.1, 0.15) is 19.3 Å². The molecule has 0 amide bonds. The van der Waals surface area contributed by atoms with Crippen LogP contribution in [0, 0.1) is 0 Å². The molecular formula is C12H18ClNO4S. The molecule has 1 aromatic rings. The highest BCUT2D eigenvalue weighted by atomic mass is 35.5. The minimum absolute atomic E-state index is 0.0709. The van der Waals surface area contributed by atoms with Crippen LogP contribution < -0.4 is 9.46 Å².